The molecule has 0 bridgehead atoms. The molecule has 1 aliphatic carbocycles. The fourth-order valence-corrected chi connectivity index (χ4v) is 4.30. The van der Waals surface area contributed by atoms with Crippen molar-refractivity contribution in [3.05, 3.63) is 0 Å². The molecule has 0 spiro atoms. The number of hydrogen-bond donors (Lipinski definition) is 1. The molecule has 3 fully saturated rings. The number of rotatable bonds is 7. The van der Waals surface area contributed by atoms with Gasteiger partial charge in [0.25, 0.3) is 0 Å². The molecule has 23 heavy (non-hydrogen) atoms. The summed E-state index contributed by atoms with van der Waals surface area (Å²) in [6, 6.07) is 0.632. The Labute approximate surface area is 150 Å². The standard InChI is InChI=1S/C17H30N2O2S.ClH/c20-17(13-22-12-16-3-1-2-10-21-16)19-8-6-15(7-9-19)18-11-14-4-5-14;/h14-16,18H,1-13H2;1H. The summed E-state index contributed by atoms with van der Waals surface area (Å²) in [5.74, 6) is 2.87. The van der Waals surface area contributed by atoms with Crippen LogP contribution >= 0.6 is 24.2 Å². The average molecular weight is 363 g/mol. The first-order valence-corrected chi connectivity index (χ1v) is 10.2. The molecule has 6 heteroatoms. The van der Waals surface area contributed by atoms with Crippen LogP contribution in [-0.2, 0) is 9.53 Å². The second-order valence-electron chi connectivity index (χ2n) is 7.01. The van der Waals surface area contributed by atoms with Gasteiger partial charge in [0.15, 0.2) is 0 Å². The third kappa shape index (κ3) is 6.81. The van der Waals surface area contributed by atoms with E-state index in [9.17, 15) is 4.79 Å². The van der Waals surface area contributed by atoms with E-state index >= 15 is 0 Å². The molecule has 1 amide bonds. The van der Waals surface area contributed by atoms with Gasteiger partial charge in [-0.15, -0.1) is 24.2 Å². The predicted octanol–water partition coefficient (Wildman–Crippen LogP) is 2.70. The Kier molecular flexibility index (Phi) is 8.52. The molecule has 4 nitrogen and oxygen atoms in total. The monoisotopic (exact) mass is 362 g/mol. The van der Waals surface area contributed by atoms with Crippen LogP contribution in [0.5, 0.6) is 0 Å². The molecule has 3 rings (SSSR count). The summed E-state index contributed by atoms with van der Waals surface area (Å²) in [5, 5.41) is 3.67. The summed E-state index contributed by atoms with van der Waals surface area (Å²) in [6.07, 6.45) is 9.08. The van der Waals surface area contributed by atoms with E-state index in [1.54, 1.807) is 11.8 Å². The molecule has 0 aromatic rings. The van der Waals surface area contributed by atoms with E-state index < -0.39 is 0 Å². The third-order valence-electron chi connectivity index (χ3n) is 5.04. The molecule has 0 aromatic heterocycles. The molecule has 1 N–H and O–H groups in total. The Bertz CT molecular complexity index is 355. The van der Waals surface area contributed by atoms with Gasteiger partial charge in [-0.05, 0) is 57.4 Å². The molecular weight excluding hydrogens is 332 g/mol. The Morgan fingerprint density at radius 3 is 2.57 bits per heavy atom. The van der Waals surface area contributed by atoms with Crippen LogP contribution in [0.2, 0.25) is 0 Å². The minimum atomic E-state index is 0. The van der Waals surface area contributed by atoms with Crippen molar-refractivity contribution in [1.29, 1.82) is 0 Å². The number of amides is 1. The number of likely N-dealkylation sites (tertiary alicyclic amines) is 1. The van der Waals surface area contributed by atoms with Gasteiger partial charge in [-0.2, -0.15) is 0 Å². The zero-order valence-electron chi connectivity index (χ0n) is 14.0. The molecule has 0 radical (unpaired) electrons. The van der Waals surface area contributed by atoms with Gasteiger partial charge in [-0.1, -0.05) is 0 Å². The van der Waals surface area contributed by atoms with E-state index in [0.717, 1.165) is 44.2 Å². The van der Waals surface area contributed by atoms with E-state index in [-0.39, 0.29) is 12.4 Å². The topological polar surface area (TPSA) is 41.6 Å². The van der Waals surface area contributed by atoms with Crippen molar-refractivity contribution in [2.45, 2.75) is 57.1 Å². The zero-order chi connectivity index (χ0) is 15.2. The van der Waals surface area contributed by atoms with Gasteiger partial charge in [-0.25, -0.2) is 0 Å². The number of piperidine rings is 1. The molecule has 0 aromatic carbocycles. The molecular formula is C17H31ClN2O2S. The summed E-state index contributed by atoms with van der Waals surface area (Å²) in [6.45, 7) is 3.96. The van der Waals surface area contributed by atoms with E-state index in [1.165, 1.54) is 38.6 Å². The summed E-state index contributed by atoms with van der Waals surface area (Å²) in [7, 11) is 0. The minimum absolute atomic E-state index is 0. The first kappa shape index (κ1) is 19.4. The maximum absolute atomic E-state index is 12.3. The van der Waals surface area contributed by atoms with Crippen LogP contribution in [0.15, 0.2) is 0 Å². The largest absolute Gasteiger partial charge is 0.377 e. The predicted molar refractivity (Wildman–Crippen MR) is 98.5 cm³/mol. The molecule has 1 saturated carbocycles. The Balaban J connectivity index is 0.00000192. The lowest BCUT2D eigenvalue weighted by molar-refractivity contribution is -0.129. The smallest absolute Gasteiger partial charge is 0.232 e. The van der Waals surface area contributed by atoms with E-state index in [1.807, 2.05) is 0 Å². The SMILES string of the molecule is Cl.O=C(CSCC1CCCCO1)N1CCC(NCC2CC2)CC1. The van der Waals surface area contributed by atoms with Gasteiger partial charge in [-0.3, -0.25) is 4.79 Å². The highest BCUT2D eigenvalue weighted by Crippen LogP contribution is 2.28. The second kappa shape index (κ2) is 10.1. The molecule has 3 aliphatic rings. The first-order valence-electron chi connectivity index (χ1n) is 9.02. The van der Waals surface area contributed by atoms with Crippen molar-refractivity contribution in [3.8, 4) is 0 Å². The van der Waals surface area contributed by atoms with E-state index in [0.29, 0.717) is 23.8 Å². The van der Waals surface area contributed by atoms with Gasteiger partial charge in [0, 0.05) is 31.5 Å². The first-order chi connectivity index (χ1) is 10.8. The van der Waals surface area contributed by atoms with E-state index in [2.05, 4.69) is 10.2 Å². The Morgan fingerprint density at radius 1 is 1.13 bits per heavy atom. The van der Waals surface area contributed by atoms with Crippen LogP contribution < -0.4 is 5.32 Å². The van der Waals surface area contributed by atoms with Crippen molar-refractivity contribution >= 4 is 30.1 Å². The fourth-order valence-electron chi connectivity index (χ4n) is 3.30. The maximum Gasteiger partial charge on any atom is 0.232 e. The van der Waals surface area contributed by atoms with Gasteiger partial charge < -0.3 is 15.0 Å². The summed E-state index contributed by atoms with van der Waals surface area (Å²) < 4.78 is 5.72. The quantitative estimate of drug-likeness (QED) is 0.756. The maximum atomic E-state index is 12.3. The summed E-state index contributed by atoms with van der Waals surface area (Å²) in [5.41, 5.74) is 0. The van der Waals surface area contributed by atoms with Crippen molar-refractivity contribution in [1.82, 2.24) is 10.2 Å². The normalized spacial score (nSPS) is 25.9. The van der Waals surface area contributed by atoms with E-state index in [4.69, 9.17) is 4.74 Å². The lowest BCUT2D eigenvalue weighted by Gasteiger charge is -2.32. The second-order valence-corrected chi connectivity index (χ2v) is 8.04. The van der Waals surface area contributed by atoms with Crippen LogP contribution in [0, 0.1) is 5.92 Å². The highest BCUT2D eigenvalue weighted by atomic mass is 35.5. The van der Waals surface area contributed by atoms with Crippen LogP contribution in [0.4, 0.5) is 0 Å². The lowest BCUT2D eigenvalue weighted by atomic mass is 10.0. The highest BCUT2D eigenvalue weighted by molar-refractivity contribution is 7.99. The average Bonchev–Trinajstić information content (AvgIpc) is 3.39. The van der Waals surface area contributed by atoms with Crippen molar-refractivity contribution in [2.24, 2.45) is 5.92 Å². The molecule has 1 atom stereocenters. The molecule has 2 heterocycles. The third-order valence-corrected chi connectivity index (χ3v) is 6.10. The Hall–Kier alpha value is 0.0300. The molecule has 2 aliphatic heterocycles. The summed E-state index contributed by atoms with van der Waals surface area (Å²) in [4.78, 5) is 14.3. The highest BCUT2D eigenvalue weighted by Gasteiger charge is 2.26. The van der Waals surface area contributed by atoms with Crippen LogP contribution in [0.25, 0.3) is 0 Å². The lowest BCUT2D eigenvalue weighted by Crippen LogP contribution is -2.46. The molecule has 134 valence electrons. The van der Waals surface area contributed by atoms with Crippen LogP contribution in [0.1, 0.15) is 44.9 Å². The number of ether oxygens (including phenoxy) is 1. The number of carbonyl (C=O) groups excluding carboxylic acids is 1. The van der Waals surface area contributed by atoms with Crippen molar-refractivity contribution in [3.63, 3.8) is 0 Å². The number of nitrogens with one attached hydrogen (secondary N) is 1. The molecule has 2 saturated heterocycles. The minimum Gasteiger partial charge on any atom is -0.377 e. The Morgan fingerprint density at radius 2 is 1.91 bits per heavy atom. The van der Waals surface area contributed by atoms with Crippen LogP contribution in [0.3, 0.4) is 0 Å². The number of thioether (sulfide) groups is 1. The summed E-state index contributed by atoms with van der Waals surface area (Å²) >= 11 is 1.75. The van der Waals surface area contributed by atoms with Crippen LogP contribution in [-0.4, -0.2) is 60.7 Å². The molecule has 1 unspecified atom stereocenters. The number of carbonyl (C=O) groups is 1. The number of hydrogen-bond acceptors (Lipinski definition) is 4. The van der Waals surface area contributed by atoms with Gasteiger partial charge >= 0.3 is 0 Å². The van der Waals surface area contributed by atoms with Crippen molar-refractivity contribution in [2.75, 3.05) is 37.7 Å². The van der Waals surface area contributed by atoms with Gasteiger partial charge in [0.2, 0.25) is 5.91 Å². The number of nitrogens with zero attached hydrogens (tertiary/aromatic N) is 1. The zero-order valence-corrected chi connectivity index (χ0v) is 15.6. The van der Waals surface area contributed by atoms with Gasteiger partial charge in [0.05, 0.1) is 11.9 Å². The van der Waals surface area contributed by atoms with Crippen molar-refractivity contribution < 1.29 is 9.53 Å². The fraction of sp³-hybridized carbons (Fsp3) is 0.941. The van der Waals surface area contributed by atoms with Gasteiger partial charge in [0.1, 0.15) is 0 Å². The number of halogens is 1.